The average molecular weight is 581 g/mol. The van der Waals surface area contributed by atoms with Gasteiger partial charge in [-0.25, -0.2) is 19.3 Å². The van der Waals surface area contributed by atoms with Crippen LogP contribution in [0.3, 0.4) is 0 Å². The molecule has 41 heavy (non-hydrogen) atoms. The van der Waals surface area contributed by atoms with Gasteiger partial charge in [-0.15, -0.1) is 5.10 Å². The Balaban J connectivity index is 1.65. The number of rotatable bonds is 8. The summed E-state index contributed by atoms with van der Waals surface area (Å²) in [6.45, 7) is 8.93. The summed E-state index contributed by atoms with van der Waals surface area (Å²) in [7, 11) is 1.84. The smallest absolute Gasteiger partial charge is 0.455 e. The number of ether oxygens (including phenoxy) is 2. The summed E-state index contributed by atoms with van der Waals surface area (Å²) in [4.78, 5) is 30.0. The van der Waals surface area contributed by atoms with E-state index in [0.29, 0.717) is 39.6 Å². The van der Waals surface area contributed by atoms with Crippen LogP contribution in [-0.4, -0.2) is 41.3 Å². The van der Waals surface area contributed by atoms with Gasteiger partial charge in [-0.3, -0.25) is 4.68 Å². The monoisotopic (exact) mass is 580 g/mol. The normalized spacial score (nSPS) is 12.7. The van der Waals surface area contributed by atoms with Crippen molar-refractivity contribution in [2.24, 2.45) is 7.05 Å². The number of carbonyl (C=O) groups is 1. The van der Waals surface area contributed by atoms with E-state index in [1.54, 1.807) is 41.5 Å². The highest BCUT2D eigenvalue weighted by Crippen LogP contribution is 2.39. The lowest BCUT2D eigenvalue weighted by atomic mass is 9.93. The first kappa shape index (κ1) is 28.2. The van der Waals surface area contributed by atoms with Gasteiger partial charge in [0.25, 0.3) is 0 Å². The van der Waals surface area contributed by atoms with Gasteiger partial charge in [0.1, 0.15) is 5.52 Å². The van der Waals surface area contributed by atoms with Crippen LogP contribution in [0, 0.1) is 13.8 Å². The third kappa shape index (κ3) is 6.08. The number of hydrogen-bond donors (Lipinski definition) is 0. The highest BCUT2D eigenvalue weighted by atomic mass is 35.5. The molecule has 0 fully saturated rings. The number of halogens is 1. The van der Waals surface area contributed by atoms with Crippen molar-refractivity contribution in [1.29, 1.82) is 0 Å². The Kier molecular flexibility index (Phi) is 7.54. The first-order valence-electron chi connectivity index (χ1n) is 12.8. The van der Waals surface area contributed by atoms with Crippen molar-refractivity contribution in [3.05, 3.63) is 80.6 Å². The van der Waals surface area contributed by atoms with Crippen molar-refractivity contribution < 1.29 is 23.1 Å². The van der Waals surface area contributed by atoms with Crippen molar-refractivity contribution in [3.8, 4) is 11.1 Å². The molecule has 0 radical (unpaired) electrons. The van der Waals surface area contributed by atoms with Crippen molar-refractivity contribution in [3.63, 3.8) is 0 Å². The molecule has 0 N–H and O–H groups in total. The molecule has 0 aliphatic carbocycles. The van der Waals surface area contributed by atoms with Crippen molar-refractivity contribution in [2.75, 3.05) is 0 Å². The van der Waals surface area contributed by atoms with Crippen LogP contribution < -0.4 is 5.82 Å². The Hall–Kier alpha value is -4.29. The summed E-state index contributed by atoms with van der Waals surface area (Å²) in [5.74, 6) is -1.24. The largest absolute Gasteiger partial charge is 0.519 e. The van der Waals surface area contributed by atoms with Crippen LogP contribution in [0.2, 0.25) is 5.02 Å². The highest BCUT2D eigenvalue weighted by molar-refractivity contribution is 6.30. The second-order valence-electron chi connectivity index (χ2n) is 10.6. The summed E-state index contributed by atoms with van der Waals surface area (Å²) in [5.41, 5.74) is 3.52. The molecular weight excluding hydrogens is 552 g/mol. The van der Waals surface area contributed by atoms with Crippen molar-refractivity contribution in [1.82, 2.24) is 29.8 Å². The molecule has 1 aromatic carbocycles. The molecule has 0 bridgehead atoms. The van der Waals surface area contributed by atoms with E-state index in [1.165, 1.54) is 0 Å². The molecule has 13 heteroatoms. The van der Waals surface area contributed by atoms with Gasteiger partial charge in [-0.05, 0) is 52.3 Å². The van der Waals surface area contributed by atoms with E-state index in [0.717, 1.165) is 11.1 Å². The fraction of sp³-hybridized carbons (Fsp3) is 0.357. The molecule has 0 unspecified atom stereocenters. The topological polar surface area (TPSA) is 140 Å². The molecule has 1 atom stereocenters. The number of nitrogens with zero attached hydrogens (tertiary/aromatic N) is 6. The SMILES string of the molecule is Cc1nc2c(nnn2Cc2cnn(C)c2)c(-c2ccc(Cl)cc2)c1[C@H](OC(C)(C)C)C(=O)OCc1oc(=O)oc1C. The van der Waals surface area contributed by atoms with E-state index < -0.39 is 23.5 Å². The number of hydrogen-bond acceptors (Lipinski definition) is 10. The molecule has 5 aromatic rings. The molecule has 0 saturated heterocycles. The average Bonchev–Trinajstić information content (AvgIpc) is 3.58. The Morgan fingerprint density at radius 3 is 2.49 bits per heavy atom. The van der Waals surface area contributed by atoms with Crippen LogP contribution in [0.1, 0.15) is 55.2 Å². The highest BCUT2D eigenvalue weighted by Gasteiger charge is 2.35. The van der Waals surface area contributed by atoms with Crippen molar-refractivity contribution >= 4 is 28.7 Å². The molecule has 0 spiro atoms. The molecular formula is C28H29ClN6O6. The zero-order valence-electron chi connectivity index (χ0n) is 23.5. The Bertz CT molecular complexity index is 1780. The van der Waals surface area contributed by atoms with Crippen LogP contribution in [0.5, 0.6) is 0 Å². The molecule has 0 saturated carbocycles. The minimum atomic E-state index is -1.21. The standard InChI is InChI=1S/C28H29ClN6O6/c1-15-21(24(41-28(3,4)5)26(36)38-14-20-16(2)39-27(37)40-20)22(18-7-9-19(29)10-8-18)23-25(31-15)35(33-32-23)13-17-11-30-34(6)12-17/h7-12,24H,13-14H2,1-6H3/t24-/m0/s1. The Morgan fingerprint density at radius 2 is 1.88 bits per heavy atom. The summed E-state index contributed by atoms with van der Waals surface area (Å²) in [6, 6.07) is 7.18. The fourth-order valence-electron chi connectivity index (χ4n) is 4.47. The maximum Gasteiger partial charge on any atom is 0.519 e. The lowest BCUT2D eigenvalue weighted by Crippen LogP contribution is -2.30. The number of esters is 1. The first-order valence-corrected chi connectivity index (χ1v) is 13.2. The predicted molar refractivity (Wildman–Crippen MR) is 148 cm³/mol. The van der Waals surface area contributed by atoms with Gasteiger partial charge in [0, 0.05) is 40.7 Å². The molecule has 5 rings (SSSR count). The zero-order valence-corrected chi connectivity index (χ0v) is 24.2. The van der Waals surface area contributed by atoms with Crippen LogP contribution >= 0.6 is 11.6 Å². The number of aryl methyl sites for hydroxylation is 3. The first-order chi connectivity index (χ1) is 19.4. The van der Waals surface area contributed by atoms with Crippen LogP contribution in [-0.2, 0) is 34.5 Å². The number of fused-ring (bicyclic) bond motifs is 1. The van der Waals surface area contributed by atoms with Crippen LogP contribution in [0.15, 0.2) is 50.3 Å². The number of aromatic nitrogens is 6. The Morgan fingerprint density at radius 1 is 1.15 bits per heavy atom. The van der Waals surface area contributed by atoms with E-state index in [2.05, 4.69) is 15.4 Å². The van der Waals surface area contributed by atoms with Gasteiger partial charge in [-0.2, -0.15) is 5.10 Å². The van der Waals surface area contributed by atoms with Crippen LogP contribution in [0.4, 0.5) is 0 Å². The zero-order chi connectivity index (χ0) is 29.5. The van der Waals surface area contributed by atoms with E-state index >= 15 is 0 Å². The van der Waals surface area contributed by atoms with Gasteiger partial charge in [0.05, 0.1) is 18.3 Å². The lowest BCUT2D eigenvalue weighted by molar-refractivity contribution is -0.169. The maximum atomic E-state index is 13.7. The summed E-state index contributed by atoms with van der Waals surface area (Å²) >= 11 is 6.21. The molecule has 214 valence electrons. The van der Waals surface area contributed by atoms with E-state index in [9.17, 15) is 9.59 Å². The van der Waals surface area contributed by atoms with E-state index in [1.807, 2.05) is 46.1 Å². The van der Waals surface area contributed by atoms with Gasteiger partial charge >= 0.3 is 11.8 Å². The van der Waals surface area contributed by atoms with Gasteiger partial charge < -0.3 is 18.3 Å². The molecule has 4 heterocycles. The minimum Gasteiger partial charge on any atom is -0.455 e. The van der Waals surface area contributed by atoms with E-state index in [-0.39, 0.29) is 18.1 Å². The van der Waals surface area contributed by atoms with Gasteiger partial charge in [-0.1, -0.05) is 28.9 Å². The van der Waals surface area contributed by atoms with Crippen LogP contribution in [0.25, 0.3) is 22.3 Å². The quantitative estimate of drug-likeness (QED) is 0.237. The third-order valence-electron chi connectivity index (χ3n) is 6.23. The molecule has 0 aliphatic rings. The third-order valence-corrected chi connectivity index (χ3v) is 6.48. The molecule has 12 nitrogen and oxygen atoms in total. The summed E-state index contributed by atoms with van der Waals surface area (Å²) < 4.78 is 25.2. The fourth-order valence-corrected chi connectivity index (χ4v) is 4.59. The predicted octanol–water partition coefficient (Wildman–Crippen LogP) is 4.69. The Labute approximate surface area is 239 Å². The number of carbonyl (C=O) groups excluding carboxylic acids is 1. The maximum absolute atomic E-state index is 13.7. The minimum absolute atomic E-state index is 0.111. The number of benzene rings is 1. The van der Waals surface area contributed by atoms with Gasteiger partial charge in [0.15, 0.2) is 29.9 Å². The summed E-state index contributed by atoms with van der Waals surface area (Å²) in [5, 5.41) is 13.7. The van der Waals surface area contributed by atoms with E-state index in [4.69, 9.17) is 34.9 Å². The lowest BCUT2D eigenvalue weighted by Gasteiger charge is -2.28. The summed E-state index contributed by atoms with van der Waals surface area (Å²) in [6.07, 6.45) is 2.43. The second-order valence-corrected chi connectivity index (χ2v) is 11.0. The number of pyridine rings is 1. The van der Waals surface area contributed by atoms with Gasteiger partial charge in [0.2, 0.25) is 0 Å². The molecule has 0 aliphatic heterocycles. The molecule has 0 amide bonds. The second kappa shape index (κ2) is 10.9. The molecule has 4 aromatic heterocycles. The van der Waals surface area contributed by atoms with Crippen molar-refractivity contribution in [2.45, 2.75) is 59.5 Å².